The molecule has 136 valence electrons. The quantitative estimate of drug-likeness (QED) is 0.681. The van der Waals surface area contributed by atoms with Gasteiger partial charge in [0.2, 0.25) is 0 Å². The third kappa shape index (κ3) is 5.83. The summed E-state index contributed by atoms with van der Waals surface area (Å²) in [7, 11) is 0. The van der Waals surface area contributed by atoms with Crippen molar-refractivity contribution < 1.29 is 14.3 Å². The standard InChI is InChI=1S/C18H31N3O3/c1-14(2)11-15(13-22)20-18(23)19-12-16(17-7-6-10-24-17)21-8-4-3-5-9-21/h6-7,10,14-16,22H,3-5,8-9,11-13H2,1-2H3,(H2,19,20,23). The zero-order valence-corrected chi connectivity index (χ0v) is 14.8. The first-order valence-corrected chi connectivity index (χ1v) is 9.02. The summed E-state index contributed by atoms with van der Waals surface area (Å²) < 4.78 is 5.58. The van der Waals surface area contributed by atoms with E-state index in [0.717, 1.165) is 25.3 Å². The van der Waals surface area contributed by atoms with Crippen LogP contribution in [-0.2, 0) is 0 Å². The fourth-order valence-electron chi connectivity index (χ4n) is 3.29. The van der Waals surface area contributed by atoms with Crippen molar-refractivity contribution in [2.24, 2.45) is 5.92 Å². The Morgan fingerprint density at radius 1 is 1.33 bits per heavy atom. The lowest BCUT2D eigenvalue weighted by atomic mass is 10.0. The largest absolute Gasteiger partial charge is 0.468 e. The molecule has 2 heterocycles. The molecule has 1 aromatic rings. The maximum absolute atomic E-state index is 12.2. The zero-order chi connectivity index (χ0) is 17.4. The SMILES string of the molecule is CC(C)CC(CO)NC(=O)NCC(c1ccco1)N1CCCCC1. The van der Waals surface area contributed by atoms with Crippen LogP contribution in [0, 0.1) is 5.92 Å². The molecule has 1 saturated heterocycles. The Bertz CT molecular complexity index is 470. The van der Waals surface area contributed by atoms with Crippen molar-refractivity contribution in [2.75, 3.05) is 26.2 Å². The monoisotopic (exact) mass is 337 g/mol. The Morgan fingerprint density at radius 2 is 2.08 bits per heavy atom. The molecular formula is C18H31N3O3. The number of hydrogen-bond donors (Lipinski definition) is 3. The van der Waals surface area contributed by atoms with Gasteiger partial charge in [-0.2, -0.15) is 0 Å². The second-order valence-electron chi connectivity index (χ2n) is 6.99. The topological polar surface area (TPSA) is 77.7 Å². The van der Waals surface area contributed by atoms with E-state index in [2.05, 4.69) is 29.4 Å². The first kappa shape index (κ1) is 18.8. The van der Waals surface area contributed by atoms with Crippen molar-refractivity contribution in [2.45, 2.75) is 51.6 Å². The maximum Gasteiger partial charge on any atom is 0.315 e. The third-order valence-corrected chi connectivity index (χ3v) is 4.47. The average Bonchev–Trinajstić information content (AvgIpc) is 3.09. The second kappa shape index (κ2) is 9.69. The van der Waals surface area contributed by atoms with Gasteiger partial charge in [0.05, 0.1) is 25.0 Å². The first-order valence-electron chi connectivity index (χ1n) is 9.02. The lowest BCUT2D eigenvalue weighted by Gasteiger charge is -2.33. The van der Waals surface area contributed by atoms with Gasteiger partial charge in [-0.15, -0.1) is 0 Å². The van der Waals surface area contributed by atoms with Gasteiger partial charge in [0.15, 0.2) is 0 Å². The predicted octanol–water partition coefficient (Wildman–Crippen LogP) is 2.51. The number of urea groups is 1. The van der Waals surface area contributed by atoms with E-state index in [1.54, 1.807) is 6.26 Å². The molecule has 6 heteroatoms. The van der Waals surface area contributed by atoms with Crippen LogP contribution in [0.1, 0.15) is 51.3 Å². The number of carbonyl (C=O) groups excluding carboxylic acids is 1. The van der Waals surface area contributed by atoms with Gasteiger partial charge < -0.3 is 20.2 Å². The number of hydrogen-bond acceptors (Lipinski definition) is 4. The van der Waals surface area contributed by atoms with Crippen LogP contribution in [0.15, 0.2) is 22.8 Å². The van der Waals surface area contributed by atoms with Gasteiger partial charge >= 0.3 is 6.03 Å². The molecule has 2 amide bonds. The van der Waals surface area contributed by atoms with E-state index < -0.39 is 0 Å². The highest BCUT2D eigenvalue weighted by Crippen LogP contribution is 2.24. The molecule has 0 radical (unpaired) electrons. The van der Waals surface area contributed by atoms with E-state index in [0.29, 0.717) is 12.5 Å². The van der Waals surface area contributed by atoms with Gasteiger partial charge in [-0.1, -0.05) is 20.3 Å². The molecule has 24 heavy (non-hydrogen) atoms. The minimum atomic E-state index is -0.233. The second-order valence-corrected chi connectivity index (χ2v) is 6.99. The molecule has 0 bridgehead atoms. The fourth-order valence-corrected chi connectivity index (χ4v) is 3.29. The van der Waals surface area contributed by atoms with E-state index in [1.165, 1.54) is 19.3 Å². The van der Waals surface area contributed by atoms with Gasteiger partial charge in [0.1, 0.15) is 5.76 Å². The van der Waals surface area contributed by atoms with Crippen molar-refractivity contribution in [1.29, 1.82) is 0 Å². The Hall–Kier alpha value is -1.53. The van der Waals surface area contributed by atoms with Crippen LogP contribution < -0.4 is 10.6 Å². The van der Waals surface area contributed by atoms with Crippen LogP contribution >= 0.6 is 0 Å². The molecule has 0 aliphatic carbocycles. The van der Waals surface area contributed by atoms with Crippen LogP contribution in [0.4, 0.5) is 4.79 Å². The molecule has 3 N–H and O–H groups in total. The minimum absolute atomic E-state index is 0.0423. The number of likely N-dealkylation sites (tertiary alicyclic amines) is 1. The number of carbonyl (C=O) groups is 1. The Morgan fingerprint density at radius 3 is 2.67 bits per heavy atom. The summed E-state index contributed by atoms with van der Waals surface area (Å²) in [5.41, 5.74) is 0. The molecule has 0 aromatic carbocycles. The number of nitrogens with one attached hydrogen (secondary N) is 2. The highest BCUT2D eigenvalue weighted by atomic mass is 16.3. The molecule has 1 aliphatic rings. The molecule has 1 aromatic heterocycles. The minimum Gasteiger partial charge on any atom is -0.468 e. The van der Waals surface area contributed by atoms with Crippen LogP contribution in [0.5, 0.6) is 0 Å². The Kier molecular flexibility index (Phi) is 7.59. The molecule has 1 fully saturated rings. The Labute approximate surface area is 144 Å². The van der Waals surface area contributed by atoms with E-state index in [4.69, 9.17) is 4.42 Å². The van der Waals surface area contributed by atoms with E-state index in [1.807, 2.05) is 12.1 Å². The normalized spacial score (nSPS) is 18.3. The number of nitrogens with zero attached hydrogens (tertiary/aromatic N) is 1. The zero-order valence-electron chi connectivity index (χ0n) is 14.8. The number of amides is 2. The van der Waals surface area contributed by atoms with Crippen LogP contribution in [0.2, 0.25) is 0 Å². The summed E-state index contributed by atoms with van der Waals surface area (Å²) in [6.45, 7) is 6.66. The van der Waals surface area contributed by atoms with Crippen molar-refractivity contribution in [1.82, 2.24) is 15.5 Å². The number of piperidine rings is 1. The lowest BCUT2D eigenvalue weighted by molar-refractivity contribution is 0.142. The number of furan rings is 1. The fraction of sp³-hybridized carbons (Fsp3) is 0.722. The number of aliphatic hydroxyl groups excluding tert-OH is 1. The van der Waals surface area contributed by atoms with Gasteiger partial charge in [0.25, 0.3) is 0 Å². The maximum atomic E-state index is 12.2. The molecule has 6 nitrogen and oxygen atoms in total. The molecule has 2 rings (SSSR count). The first-order chi connectivity index (χ1) is 11.6. The smallest absolute Gasteiger partial charge is 0.315 e. The summed E-state index contributed by atoms with van der Waals surface area (Å²) in [6, 6.07) is 3.47. The van der Waals surface area contributed by atoms with Gasteiger partial charge in [-0.3, -0.25) is 4.90 Å². The van der Waals surface area contributed by atoms with Gasteiger partial charge in [-0.25, -0.2) is 4.79 Å². The molecule has 1 aliphatic heterocycles. The van der Waals surface area contributed by atoms with Crippen LogP contribution in [0.25, 0.3) is 0 Å². The Balaban J connectivity index is 1.88. The highest BCUT2D eigenvalue weighted by molar-refractivity contribution is 5.74. The summed E-state index contributed by atoms with van der Waals surface area (Å²) >= 11 is 0. The molecular weight excluding hydrogens is 306 g/mol. The average molecular weight is 337 g/mol. The summed E-state index contributed by atoms with van der Waals surface area (Å²) in [5, 5.41) is 15.2. The number of aliphatic hydroxyl groups is 1. The third-order valence-electron chi connectivity index (χ3n) is 4.47. The molecule has 2 atom stereocenters. The predicted molar refractivity (Wildman–Crippen MR) is 93.7 cm³/mol. The van der Waals surface area contributed by atoms with E-state index >= 15 is 0 Å². The van der Waals surface area contributed by atoms with Gasteiger partial charge in [-0.05, 0) is 50.4 Å². The lowest BCUT2D eigenvalue weighted by Crippen LogP contribution is -2.47. The van der Waals surface area contributed by atoms with E-state index in [-0.39, 0.29) is 24.7 Å². The van der Waals surface area contributed by atoms with Crippen molar-refractivity contribution in [3.8, 4) is 0 Å². The van der Waals surface area contributed by atoms with Gasteiger partial charge in [0, 0.05) is 6.54 Å². The highest BCUT2D eigenvalue weighted by Gasteiger charge is 2.25. The molecule has 2 unspecified atom stereocenters. The number of rotatable bonds is 8. The van der Waals surface area contributed by atoms with Crippen molar-refractivity contribution in [3.05, 3.63) is 24.2 Å². The van der Waals surface area contributed by atoms with Crippen LogP contribution in [-0.4, -0.2) is 48.3 Å². The van der Waals surface area contributed by atoms with Crippen LogP contribution in [0.3, 0.4) is 0 Å². The molecule has 0 saturated carbocycles. The van der Waals surface area contributed by atoms with Crippen molar-refractivity contribution >= 4 is 6.03 Å². The summed E-state index contributed by atoms with van der Waals surface area (Å²) in [5.74, 6) is 1.31. The summed E-state index contributed by atoms with van der Waals surface area (Å²) in [4.78, 5) is 14.5. The molecule has 0 spiro atoms. The van der Waals surface area contributed by atoms with Crippen molar-refractivity contribution in [3.63, 3.8) is 0 Å². The van der Waals surface area contributed by atoms with E-state index in [9.17, 15) is 9.90 Å². The summed E-state index contributed by atoms with van der Waals surface area (Å²) in [6.07, 6.45) is 6.08.